The van der Waals surface area contributed by atoms with Gasteiger partial charge in [0.05, 0.1) is 12.8 Å². The number of benzene rings is 1. The van der Waals surface area contributed by atoms with Crippen LogP contribution in [0.25, 0.3) is 0 Å². The number of likely N-dealkylation sites (tertiary alicyclic amines) is 1. The Hall–Kier alpha value is -2.76. The van der Waals surface area contributed by atoms with E-state index in [4.69, 9.17) is 4.74 Å². The number of anilines is 1. The third kappa shape index (κ3) is 2.88. The van der Waals surface area contributed by atoms with E-state index in [1.165, 1.54) is 0 Å². The second kappa shape index (κ2) is 6.27. The van der Waals surface area contributed by atoms with Crippen LogP contribution in [0.1, 0.15) is 18.0 Å². The van der Waals surface area contributed by atoms with Gasteiger partial charge >= 0.3 is 6.03 Å². The number of urea groups is 1. The van der Waals surface area contributed by atoms with Gasteiger partial charge in [0.15, 0.2) is 0 Å². The molecule has 4 rings (SSSR count). The summed E-state index contributed by atoms with van der Waals surface area (Å²) >= 11 is 0. The van der Waals surface area contributed by atoms with Crippen LogP contribution in [0.4, 0.5) is 10.5 Å². The van der Waals surface area contributed by atoms with Crippen molar-refractivity contribution < 1.29 is 9.53 Å². The van der Waals surface area contributed by atoms with Crippen molar-refractivity contribution in [1.82, 2.24) is 9.47 Å². The summed E-state index contributed by atoms with van der Waals surface area (Å²) in [6, 6.07) is 12.7. The Balaban J connectivity index is 1.54. The molecule has 1 saturated heterocycles. The van der Waals surface area contributed by atoms with Gasteiger partial charge < -0.3 is 19.5 Å². The quantitative estimate of drug-likeness (QED) is 0.914. The second-order valence-corrected chi connectivity index (χ2v) is 6.73. The summed E-state index contributed by atoms with van der Waals surface area (Å²) in [7, 11) is 1.59. The van der Waals surface area contributed by atoms with Crippen LogP contribution in [-0.2, 0) is 6.54 Å². The number of pyridine rings is 1. The number of rotatable bonds is 2. The van der Waals surface area contributed by atoms with Gasteiger partial charge in [-0.1, -0.05) is 18.2 Å². The van der Waals surface area contributed by atoms with Crippen molar-refractivity contribution in [2.75, 3.05) is 25.5 Å². The molecule has 1 N–H and O–H groups in total. The van der Waals surface area contributed by atoms with Gasteiger partial charge in [-0.3, -0.25) is 4.79 Å². The van der Waals surface area contributed by atoms with E-state index >= 15 is 0 Å². The van der Waals surface area contributed by atoms with Gasteiger partial charge in [0.2, 0.25) is 0 Å². The van der Waals surface area contributed by atoms with Crippen LogP contribution >= 0.6 is 0 Å². The lowest BCUT2D eigenvalue weighted by Gasteiger charge is -2.42. The standard InChI is InChI=1S/C19H21N3O3/c1-25-17-7-3-2-5-15(17)20-19(24)21-10-13-9-14(12-21)16-6-4-8-18(23)22(16)11-13/h2-8,13-14H,9-12H2,1H3,(H,20,24). The zero-order chi connectivity index (χ0) is 17.4. The maximum atomic E-state index is 12.7. The van der Waals surface area contributed by atoms with Gasteiger partial charge in [0.1, 0.15) is 5.75 Å². The van der Waals surface area contributed by atoms with E-state index in [-0.39, 0.29) is 17.5 Å². The van der Waals surface area contributed by atoms with E-state index in [1.807, 2.05) is 45.9 Å². The number of amides is 2. The first-order valence-electron chi connectivity index (χ1n) is 8.54. The number of piperidine rings is 1. The molecule has 3 heterocycles. The molecule has 1 aromatic heterocycles. The van der Waals surface area contributed by atoms with Crippen LogP contribution in [0.3, 0.4) is 0 Å². The normalized spacial score (nSPS) is 21.4. The van der Waals surface area contributed by atoms with E-state index in [0.717, 1.165) is 12.1 Å². The van der Waals surface area contributed by atoms with Crippen LogP contribution in [0.15, 0.2) is 47.3 Å². The number of ether oxygens (including phenoxy) is 1. The first-order chi connectivity index (χ1) is 12.2. The number of para-hydroxylation sites is 2. The molecule has 2 aromatic rings. The van der Waals surface area contributed by atoms with E-state index in [1.54, 1.807) is 13.2 Å². The topological polar surface area (TPSA) is 63.6 Å². The predicted octanol–water partition coefficient (Wildman–Crippen LogP) is 2.51. The van der Waals surface area contributed by atoms with Crippen LogP contribution in [0.5, 0.6) is 5.75 Å². The number of nitrogens with zero attached hydrogens (tertiary/aromatic N) is 2. The summed E-state index contributed by atoms with van der Waals surface area (Å²) in [6.45, 7) is 1.98. The fourth-order valence-corrected chi connectivity index (χ4v) is 4.00. The largest absolute Gasteiger partial charge is 0.495 e. The number of methoxy groups -OCH3 is 1. The first-order valence-corrected chi connectivity index (χ1v) is 8.54. The van der Waals surface area contributed by atoms with Crippen molar-refractivity contribution in [2.45, 2.75) is 18.9 Å². The summed E-state index contributed by atoms with van der Waals surface area (Å²) < 4.78 is 7.17. The minimum atomic E-state index is -0.120. The summed E-state index contributed by atoms with van der Waals surface area (Å²) in [5.74, 6) is 1.17. The molecule has 1 aromatic carbocycles. The highest BCUT2D eigenvalue weighted by atomic mass is 16.5. The Morgan fingerprint density at radius 2 is 1.96 bits per heavy atom. The molecule has 2 atom stereocenters. The number of nitrogens with one attached hydrogen (secondary N) is 1. The molecule has 0 radical (unpaired) electrons. The highest BCUT2D eigenvalue weighted by Crippen LogP contribution is 2.35. The molecule has 2 amide bonds. The van der Waals surface area contributed by atoms with Crippen LogP contribution in [-0.4, -0.2) is 35.7 Å². The third-order valence-corrected chi connectivity index (χ3v) is 5.12. The molecule has 6 heteroatoms. The Morgan fingerprint density at radius 1 is 1.12 bits per heavy atom. The fourth-order valence-electron chi connectivity index (χ4n) is 4.00. The molecule has 1 fully saturated rings. The van der Waals surface area contributed by atoms with E-state index < -0.39 is 0 Å². The molecule has 0 aliphatic carbocycles. The molecule has 2 aliphatic rings. The second-order valence-electron chi connectivity index (χ2n) is 6.73. The average Bonchev–Trinajstić information content (AvgIpc) is 2.63. The van der Waals surface area contributed by atoms with Gasteiger partial charge in [-0.15, -0.1) is 0 Å². The van der Waals surface area contributed by atoms with Crippen molar-refractivity contribution in [3.63, 3.8) is 0 Å². The first kappa shape index (κ1) is 15.7. The highest BCUT2D eigenvalue weighted by Gasteiger charge is 2.36. The number of aromatic nitrogens is 1. The van der Waals surface area contributed by atoms with E-state index in [9.17, 15) is 9.59 Å². The molecule has 2 bridgehead atoms. The van der Waals surface area contributed by atoms with Gasteiger partial charge in [-0.2, -0.15) is 0 Å². The Labute approximate surface area is 146 Å². The van der Waals surface area contributed by atoms with E-state index in [2.05, 4.69) is 5.32 Å². The molecule has 0 saturated carbocycles. The molecule has 25 heavy (non-hydrogen) atoms. The van der Waals surface area contributed by atoms with Crippen molar-refractivity contribution in [3.8, 4) is 5.75 Å². The molecule has 0 spiro atoms. The number of carbonyl (C=O) groups is 1. The van der Waals surface area contributed by atoms with Crippen LogP contribution < -0.4 is 15.6 Å². The van der Waals surface area contributed by atoms with Gasteiger partial charge in [0.25, 0.3) is 5.56 Å². The minimum absolute atomic E-state index is 0.0547. The van der Waals surface area contributed by atoms with Crippen LogP contribution in [0.2, 0.25) is 0 Å². The van der Waals surface area contributed by atoms with Gasteiger partial charge in [-0.05, 0) is 30.5 Å². The zero-order valence-corrected chi connectivity index (χ0v) is 14.1. The summed E-state index contributed by atoms with van der Waals surface area (Å²) in [4.78, 5) is 26.7. The monoisotopic (exact) mass is 339 g/mol. The minimum Gasteiger partial charge on any atom is -0.495 e. The molecule has 130 valence electrons. The van der Waals surface area contributed by atoms with Crippen molar-refractivity contribution >= 4 is 11.7 Å². The number of hydrogen-bond acceptors (Lipinski definition) is 3. The molecule has 2 unspecified atom stereocenters. The lowest BCUT2D eigenvalue weighted by atomic mass is 9.83. The number of hydrogen-bond donors (Lipinski definition) is 1. The highest BCUT2D eigenvalue weighted by molar-refractivity contribution is 5.91. The average molecular weight is 339 g/mol. The summed E-state index contributed by atoms with van der Waals surface area (Å²) in [6.07, 6.45) is 1.03. The van der Waals surface area contributed by atoms with Crippen LogP contribution in [0, 0.1) is 5.92 Å². The Bertz CT molecular complexity index is 861. The van der Waals surface area contributed by atoms with Crippen molar-refractivity contribution in [3.05, 3.63) is 58.5 Å². The van der Waals surface area contributed by atoms with Crippen molar-refractivity contribution in [2.24, 2.45) is 5.92 Å². The van der Waals surface area contributed by atoms with E-state index in [0.29, 0.717) is 37.0 Å². The van der Waals surface area contributed by atoms with Gasteiger partial charge in [0, 0.05) is 37.3 Å². The number of carbonyl (C=O) groups excluding carboxylic acids is 1. The molecular weight excluding hydrogens is 318 g/mol. The number of fused-ring (bicyclic) bond motifs is 4. The Kier molecular flexibility index (Phi) is 3.95. The summed E-state index contributed by atoms with van der Waals surface area (Å²) in [5.41, 5.74) is 1.76. The maximum Gasteiger partial charge on any atom is 0.321 e. The molecular formula is C19H21N3O3. The smallest absolute Gasteiger partial charge is 0.321 e. The SMILES string of the molecule is COc1ccccc1NC(=O)N1CC2CC(C1)c1cccc(=O)n1C2. The van der Waals surface area contributed by atoms with Crippen molar-refractivity contribution in [1.29, 1.82) is 0 Å². The lowest BCUT2D eigenvalue weighted by Crippen LogP contribution is -2.50. The molecule has 2 aliphatic heterocycles. The predicted molar refractivity (Wildman–Crippen MR) is 95.1 cm³/mol. The Morgan fingerprint density at radius 3 is 2.80 bits per heavy atom. The van der Waals surface area contributed by atoms with Gasteiger partial charge in [-0.25, -0.2) is 4.79 Å². The maximum absolute atomic E-state index is 12.7. The lowest BCUT2D eigenvalue weighted by molar-refractivity contribution is 0.139. The fraction of sp³-hybridized carbons (Fsp3) is 0.368. The summed E-state index contributed by atoms with van der Waals surface area (Å²) in [5, 5.41) is 2.95. The third-order valence-electron chi connectivity index (χ3n) is 5.12. The molecule has 6 nitrogen and oxygen atoms in total. The zero-order valence-electron chi connectivity index (χ0n) is 14.1.